The van der Waals surface area contributed by atoms with Crippen LogP contribution in [-0.2, 0) is 19.2 Å². The largest absolute Gasteiger partial charge is 0.548 e. The SMILES string of the molecule is CN(C)c1ccc2c(-c3ccc(N(CC(=O)[O-])CC(=O)[O-])c(OCCOc4ccccc4N(CC(=O)[O-])CC(=O)[O-])c3)c3ccc(=[N+](C)C)cc-3oc2c1.[NH4+].[NH4+].[NH4+]. The number of hydrogen-bond acceptors (Lipinski definition) is 14. The number of nitrogens with zero attached hydrogens (tertiary/aromatic N) is 4. The van der Waals surface area contributed by atoms with Gasteiger partial charge >= 0.3 is 0 Å². The van der Waals surface area contributed by atoms with Gasteiger partial charge in [-0.25, -0.2) is 4.58 Å². The fraction of sp³-hybridized carbons (Fsp3) is 0.256. The second-order valence-corrected chi connectivity index (χ2v) is 12.7. The fourth-order valence-electron chi connectivity index (χ4n) is 6.00. The van der Waals surface area contributed by atoms with E-state index in [2.05, 4.69) is 0 Å². The van der Waals surface area contributed by atoms with Crippen molar-refractivity contribution in [3.8, 4) is 33.9 Å². The van der Waals surface area contributed by atoms with E-state index in [-0.39, 0.29) is 54.5 Å². The van der Waals surface area contributed by atoms with Crippen molar-refractivity contribution in [1.82, 2.24) is 23.0 Å². The van der Waals surface area contributed by atoms with Gasteiger partial charge in [-0.15, -0.1) is 0 Å². The molecule has 1 aliphatic heterocycles. The van der Waals surface area contributed by atoms with Crippen LogP contribution in [0.25, 0.3) is 33.4 Å². The molecule has 1 heterocycles. The number of hydrogen-bond donors (Lipinski definition) is 3. The highest BCUT2D eigenvalue weighted by molar-refractivity contribution is 6.03. The molecule has 3 aromatic carbocycles. The van der Waals surface area contributed by atoms with E-state index in [1.807, 2.05) is 74.1 Å². The van der Waals surface area contributed by atoms with Crippen LogP contribution in [0.2, 0.25) is 0 Å². The lowest BCUT2D eigenvalue weighted by Crippen LogP contribution is -2.44. The number of para-hydroxylation sites is 2. The van der Waals surface area contributed by atoms with E-state index >= 15 is 0 Å². The maximum atomic E-state index is 11.7. The summed E-state index contributed by atoms with van der Waals surface area (Å²) < 4.78 is 20.4. The van der Waals surface area contributed by atoms with E-state index in [1.54, 1.807) is 30.3 Å². The Morgan fingerprint density at radius 1 is 0.649 bits per heavy atom. The summed E-state index contributed by atoms with van der Waals surface area (Å²) in [6.07, 6.45) is 0. The van der Waals surface area contributed by atoms with Gasteiger partial charge in [0.15, 0.2) is 0 Å². The summed E-state index contributed by atoms with van der Waals surface area (Å²) in [5.74, 6) is -5.22. The van der Waals surface area contributed by atoms with Gasteiger partial charge in [-0.05, 0) is 48.0 Å². The molecule has 0 bridgehead atoms. The van der Waals surface area contributed by atoms with Crippen LogP contribution in [0.15, 0.2) is 83.3 Å². The van der Waals surface area contributed by atoms with E-state index in [1.165, 1.54) is 12.1 Å². The van der Waals surface area contributed by atoms with Gasteiger partial charge < -0.3 is 86.6 Å². The zero-order chi connectivity index (χ0) is 39.1. The molecule has 306 valence electrons. The van der Waals surface area contributed by atoms with E-state index in [0.29, 0.717) is 16.9 Å². The summed E-state index contributed by atoms with van der Waals surface area (Å²) in [6, 6.07) is 22.7. The Kier molecular flexibility index (Phi) is 16.4. The minimum absolute atomic E-state index is 0. The molecule has 0 saturated carbocycles. The van der Waals surface area contributed by atoms with Crippen molar-refractivity contribution in [2.24, 2.45) is 0 Å². The Labute approximate surface area is 328 Å². The van der Waals surface area contributed by atoms with E-state index < -0.39 is 50.1 Å². The van der Waals surface area contributed by atoms with Crippen LogP contribution < -0.4 is 73.0 Å². The predicted molar refractivity (Wildman–Crippen MR) is 210 cm³/mol. The van der Waals surface area contributed by atoms with Crippen molar-refractivity contribution >= 4 is 51.9 Å². The van der Waals surface area contributed by atoms with Crippen molar-refractivity contribution < 1.29 is 53.5 Å². The van der Waals surface area contributed by atoms with E-state index in [0.717, 1.165) is 37.4 Å². The maximum Gasteiger partial charge on any atom is 0.203 e. The summed E-state index contributed by atoms with van der Waals surface area (Å²) in [5.41, 5.74) is 3.97. The lowest BCUT2D eigenvalue weighted by Gasteiger charge is -2.28. The minimum atomic E-state index is -1.53. The first-order valence-electron chi connectivity index (χ1n) is 16.7. The first kappa shape index (κ1) is 46.3. The van der Waals surface area contributed by atoms with E-state index in [4.69, 9.17) is 13.9 Å². The number of benzene rings is 4. The van der Waals surface area contributed by atoms with Gasteiger partial charge in [0.25, 0.3) is 0 Å². The van der Waals surface area contributed by atoms with Crippen molar-refractivity contribution in [3.05, 3.63) is 84.2 Å². The number of ether oxygens (including phenoxy) is 2. The Balaban J connectivity index is 0.00000374. The molecular weight excluding hydrogens is 742 g/mol. The number of aliphatic carboxylic acids is 4. The molecule has 0 unspecified atom stereocenters. The molecule has 0 radical (unpaired) electrons. The van der Waals surface area contributed by atoms with Gasteiger partial charge in [0.1, 0.15) is 50.2 Å². The summed E-state index contributed by atoms with van der Waals surface area (Å²) in [6.45, 7) is -3.36. The number of anilines is 3. The van der Waals surface area contributed by atoms with Gasteiger partial charge in [0.2, 0.25) is 5.36 Å². The number of carbonyl (C=O) groups is 4. The molecule has 3 aromatic rings. The van der Waals surface area contributed by atoms with Crippen LogP contribution in [0.3, 0.4) is 0 Å². The number of quaternary nitrogens is 3. The van der Waals surface area contributed by atoms with Crippen LogP contribution in [0, 0.1) is 0 Å². The van der Waals surface area contributed by atoms with Crippen LogP contribution in [0.4, 0.5) is 17.1 Å². The van der Waals surface area contributed by atoms with Gasteiger partial charge in [-0.2, -0.15) is 0 Å². The summed E-state index contributed by atoms with van der Waals surface area (Å²) in [7, 11) is 7.67. The quantitative estimate of drug-likeness (QED) is 0.0608. The number of carboxylic acids is 4. The summed E-state index contributed by atoms with van der Waals surface area (Å²) in [4.78, 5) is 50.1. The molecule has 1 aliphatic carbocycles. The van der Waals surface area contributed by atoms with Crippen molar-refractivity contribution in [2.45, 2.75) is 0 Å². The second kappa shape index (κ2) is 20.1. The molecule has 12 N–H and O–H groups in total. The molecule has 0 saturated heterocycles. The zero-order valence-electron chi connectivity index (χ0n) is 33.0. The third kappa shape index (κ3) is 11.3. The number of carboxylic acid groups (broad SMARTS) is 4. The normalized spacial score (nSPS) is 10.3. The number of fused-ring (bicyclic) bond motifs is 2. The first-order valence-corrected chi connectivity index (χ1v) is 16.7. The average Bonchev–Trinajstić information content (AvgIpc) is 3.10. The van der Waals surface area contributed by atoms with Gasteiger partial charge in [-0.1, -0.05) is 18.2 Å². The molecular formula is C39H49N7O11. The van der Waals surface area contributed by atoms with Crippen molar-refractivity contribution in [2.75, 3.05) is 82.3 Å². The molecule has 0 fully saturated rings. The molecule has 0 amide bonds. The Morgan fingerprint density at radius 3 is 1.74 bits per heavy atom. The third-order valence-corrected chi connectivity index (χ3v) is 8.40. The predicted octanol–water partition coefficient (Wildman–Crippen LogP) is -0.499. The first-order chi connectivity index (χ1) is 25.7. The lowest BCUT2D eigenvalue weighted by molar-refractivity contribution is -0.307. The van der Waals surface area contributed by atoms with E-state index in [9.17, 15) is 39.6 Å². The topological polar surface area (TPSA) is 314 Å². The number of rotatable bonds is 17. The highest BCUT2D eigenvalue weighted by Crippen LogP contribution is 2.43. The summed E-state index contributed by atoms with van der Waals surface area (Å²) >= 11 is 0. The molecule has 18 heteroatoms. The molecule has 57 heavy (non-hydrogen) atoms. The third-order valence-electron chi connectivity index (χ3n) is 8.40. The highest BCUT2D eigenvalue weighted by Gasteiger charge is 2.22. The maximum absolute atomic E-state index is 11.7. The molecule has 0 spiro atoms. The van der Waals surface area contributed by atoms with Crippen molar-refractivity contribution in [1.29, 1.82) is 0 Å². The Bertz CT molecular complexity index is 2220. The monoisotopic (exact) mass is 791 g/mol. The van der Waals surface area contributed by atoms with Crippen LogP contribution in [0.5, 0.6) is 11.5 Å². The Hall–Kier alpha value is -6.89. The van der Waals surface area contributed by atoms with Gasteiger partial charge in [0, 0.05) is 48.4 Å². The minimum Gasteiger partial charge on any atom is -0.548 e. The standard InChI is InChI=1S/C39H40N4O11.3H3N/c1-40(2)25-10-12-27-32(18-25)54-33-19-26(41(3)4)11-13-28(33)39(27)24-9-14-30(43(22-37(48)49)23-38(50)51)34(17-24)53-16-15-52-31-8-6-5-7-29(31)42(20-35(44)45)21-36(46)47;;;/h5-14,17-19H,15-16,20-23H2,1-4H3,(H3-,44,45,46,47,48,49,50,51);3*1H3. The van der Waals surface area contributed by atoms with Crippen LogP contribution in [-0.4, -0.2) is 91.5 Å². The zero-order valence-corrected chi connectivity index (χ0v) is 33.0. The molecule has 0 atom stereocenters. The highest BCUT2D eigenvalue weighted by atomic mass is 16.5. The average molecular weight is 792 g/mol. The molecule has 2 aliphatic rings. The smallest absolute Gasteiger partial charge is 0.203 e. The van der Waals surface area contributed by atoms with Crippen molar-refractivity contribution in [3.63, 3.8) is 0 Å². The van der Waals surface area contributed by atoms with Gasteiger partial charge in [-0.3, -0.25) is 0 Å². The number of carbonyl (C=O) groups excluding carboxylic acids is 4. The van der Waals surface area contributed by atoms with Crippen LogP contribution >= 0.6 is 0 Å². The molecule has 0 aromatic heterocycles. The van der Waals surface area contributed by atoms with Gasteiger partial charge in [0.05, 0.1) is 67.5 Å². The summed E-state index contributed by atoms with van der Waals surface area (Å²) in [5, 5.41) is 47.8. The lowest BCUT2D eigenvalue weighted by atomic mass is 9.93. The molecule has 18 nitrogen and oxygen atoms in total. The fourth-order valence-corrected chi connectivity index (χ4v) is 6.00. The van der Waals surface area contributed by atoms with Crippen LogP contribution in [0.1, 0.15) is 0 Å². The molecule has 5 rings (SSSR count). The second-order valence-electron chi connectivity index (χ2n) is 12.7. The Morgan fingerprint density at radius 2 is 1.19 bits per heavy atom.